The average Bonchev–Trinajstić information content (AvgIpc) is 3.30. The topological polar surface area (TPSA) is 34.2 Å². The molecule has 33 heavy (non-hydrogen) atoms. The Balaban J connectivity index is 1.44. The van der Waals surface area contributed by atoms with Crippen molar-refractivity contribution in [3.8, 4) is 23.3 Å². The van der Waals surface area contributed by atoms with Crippen molar-refractivity contribution < 1.29 is 9.47 Å². The van der Waals surface area contributed by atoms with Crippen molar-refractivity contribution >= 4 is 10.9 Å². The second-order valence-electron chi connectivity index (χ2n) is 8.70. The highest BCUT2D eigenvalue weighted by Crippen LogP contribution is 2.36. The molecular formula is C30H29NO2. The van der Waals surface area contributed by atoms with Crippen LogP contribution in [0.2, 0.25) is 0 Å². The van der Waals surface area contributed by atoms with E-state index in [2.05, 4.69) is 53.2 Å². The van der Waals surface area contributed by atoms with Crippen LogP contribution in [0.25, 0.3) is 10.9 Å². The number of hydrogen-bond donors (Lipinski definition) is 1. The van der Waals surface area contributed by atoms with Gasteiger partial charge in [-0.1, -0.05) is 91.8 Å². The normalized spacial score (nSPS) is 13.9. The van der Waals surface area contributed by atoms with Crippen LogP contribution in [-0.4, -0.2) is 4.98 Å². The van der Waals surface area contributed by atoms with Crippen molar-refractivity contribution in [1.82, 2.24) is 4.98 Å². The maximum atomic E-state index is 6.32. The van der Waals surface area contributed by atoms with E-state index in [1.165, 1.54) is 32.1 Å². The number of nitrogens with one attached hydrogen (secondary N) is 1. The first-order valence-corrected chi connectivity index (χ1v) is 11.9. The molecule has 3 heteroatoms. The SMILES string of the molecule is C(#CC1CCCCC1)c1cc(OCc2ccccc2)c2c(OCc3ccccc3)c[nH]c2c1. The second-order valence-corrected chi connectivity index (χ2v) is 8.70. The lowest BCUT2D eigenvalue weighted by molar-refractivity contribution is 0.298. The number of aromatic nitrogens is 1. The van der Waals surface area contributed by atoms with Crippen LogP contribution in [-0.2, 0) is 13.2 Å². The Labute approximate surface area is 195 Å². The summed E-state index contributed by atoms with van der Waals surface area (Å²) < 4.78 is 12.5. The van der Waals surface area contributed by atoms with Gasteiger partial charge in [-0.2, -0.15) is 0 Å². The van der Waals surface area contributed by atoms with Gasteiger partial charge in [0, 0.05) is 17.7 Å². The van der Waals surface area contributed by atoms with Crippen molar-refractivity contribution in [2.45, 2.75) is 45.3 Å². The van der Waals surface area contributed by atoms with Crippen molar-refractivity contribution in [2.24, 2.45) is 5.92 Å². The van der Waals surface area contributed by atoms with Gasteiger partial charge in [-0.05, 0) is 36.1 Å². The molecule has 0 amide bonds. The lowest BCUT2D eigenvalue weighted by Crippen LogP contribution is -2.03. The van der Waals surface area contributed by atoms with E-state index in [1.807, 2.05) is 42.6 Å². The summed E-state index contributed by atoms with van der Waals surface area (Å²) in [6, 6.07) is 24.6. The number of hydrogen-bond acceptors (Lipinski definition) is 2. The molecule has 166 valence electrons. The van der Waals surface area contributed by atoms with Gasteiger partial charge in [-0.25, -0.2) is 0 Å². The predicted octanol–water partition coefficient (Wildman–Crippen LogP) is 7.26. The lowest BCUT2D eigenvalue weighted by Gasteiger charge is -2.15. The molecule has 1 fully saturated rings. The van der Waals surface area contributed by atoms with Crippen LogP contribution < -0.4 is 9.47 Å². The van der Waals surface area contributed by atoms with Crippen LogP contribution in [0, 0.1) is 17.8 Å². The molecule has 0 saturated heterocycles. The molecule has 0 spiro atoms. The maximum absolute atomic E-state index is 6.32. The van der Waals surface area contributed by atoms with E-state index in [0.29, 0.717) is 19.1 Å². The average molecular weight is 436 g/mol. The molecule has 0 aliphatic heterocycles. The minimum absolute atomic E-state index is 0.499. The van der Waals surface area contributed by atoms with Crippen molar-refractivity contribution in [2.75, 3.05) is 0 Å². The zero-order valence-corrected chi connectivity index (χ0v) is 18.8. The number of rotatable bonds is 6. The summed E-state index contributed by atoms with van der Waals surface area (Å²) >= 11 is 0. The molecule has 1 aromatic heterocycles. The summed E-state index contributed by atoms with van der Waals surface area (Å²) in [7, 11) is 0. The van der Waals surface area contributed by atoms with E-state index in [4.69, 9.17) is 9.47 Å². The summed E-state index contributed by atoms with van der Waals surface area (Å²) in [6.07, 6.45) is 8.28. The molecule has 1 aliphatic carbocycles. The van der Waals surface area contributed by atoms with E-state index in [9.17, 15) is 0 Å². The number of H-pyrrole nitrogens is 1. The molecule has 1 heterocycles. The van der Waals surface area contributed by atoms with Crippen molar-refractivity contribution in [3.05, 3.63) is 95.7 Å². The smallest absolute Gasteiger partial charge is 0.148 e. The summed E-state index contributed by atoms with van der Waals surface area (Å²) in [5, 5.41) is 0.963. The zero-order chi connectivity index (χ0) is 22.3. The third kappa shape index (κ3) is 5.41. The Morgan fingerprint density at radius 3 is 2.06 bits per heavy atom. The summed E-state index contributed by atoms with van der Waals surface area (Å²) in [6.45, 7) is 1.01. The monoisotopic (exact) mass is 435 g/mol. The van der Waals surface area contributed by atoms with Crippen LogP contribution >= 0.6 is 0 Å². The van der Waals surface area contributed by atoms with Crippen molar-refractivity contribution in [1.29, 1.82) is 0 Å². The Kier molecular flexibility index (Phi) is 6.63. The summed E-state index contributed by atoms with van der Waals surface area (Å²) in [5.41, 5.74) is 4.23. The minimum atomic E-state index is 0.499. The Bertz CT molecular complexity index is 1240. The van der Waals surface area contributed by atoms with Gasteiger partial charge in [0.1, 0.15) is 24.7 Å². The summed E-state index contributed by atoms with van der Waals surface area (Å²) in [4.78, 5) is 3.37. The number of fused-ring (bicyclic) bond motifs is 1. The third-order valence-electron chi connectivity index (χ3n) is 6.21. The van der Waals surface area contributed by atoms with Crippen LogP contribution in [0.3, 0.4) is 0 Å². The highest BCUT2D eigenvalue weighted by atomic mass is 16.5. The standard InChI is InChI=1S/C30H29NO2/c1-4-10-23(11-5-1)16-17-26-18-27-30(28(19-26)32-21-24-12-6-2-7-13-24)29(20-31-27)33-22-25-14-8-3-9-15-25/h2-3,6-9,12-15,18-20,23,31H,1,4-5,10-11,21-22H2. The number of benzene rings is 3. The Morgan fingerprint density at radius 1 is 0.758 bits per heavy atom. The highest BCUT2D eigenvalue weighted by Gasteiger charge is 2.14. The van der Waals surface area contributed by atoms with Gasteiger partial charge in [0.05, 0.1) is 10.9 Å². The van der Waals surface area contributed by atoms with E-state index in [-0.39, 0.29) is 0 Å². The van der Waals surface area contributed by atoms with E-state index >= 15 is 0 Å². The molecule has 0 radical (unpaired) electrons. The molecular weight excluding hydrogens is 406 g/mol. The van der Waals surface area contributed by atoms with Crippen molar-refractivity contribution in [3.63, 3.8) is 0 Å². The van der Waals surface area contributed by atoms with Crippen LogP contribution in [0.15, 0.2) is 79.0 Å². The zero-order valence-electron chi connectivity index (χ0n) is 18.8. The molecule has 3 nitrogen and oxygen atoms in total. The highest BCUT2D eigenvalue weighted by molar-refractivity contribution is 5.93. The van der Waals surface area contributed by atoms with Gasteiger partial charge in [-0.3, -0.25) is 0 Å². The largest absolute Gasteiger partial charge is 0.488 e. The molecule has 1 aliphatic rings. The fourth-order valence-corrected chi connectivity index (χ4v) is 4.40. The number of ether oxygens (including phenoxy) is 2. The predicted molar refractivity (Wildman–Crippen MR) is 133 cm³/mol. The molecule has 1 N–H and O–H groups in total. The first-order chi connectivity index (χ1) is 16.3. The number of aromatic amines is 1. The lowest BCUT2D eigenvalue weighted by atomic mass is 9.89. The Morgan fingerprint density at radius 2 is 1.39 bits per heavy atom. The van der Waals surface area contributed by atoms with Gasteiger partial charge in [0.25, 0.3) is 0 Å². The molecule has 1 saturated carbocycles. The van der Waals surface area contributed by atoms with E-state index < -0.39 is 0 Å². The van der Waals surface area contributed by atoms with Gasteiger partial charge in [0.2, 0.25) is 0 Å². The molecule has 0 atom stereocenters. The Hall–Kier alpha value is -3.64. The fourth-order valence-electron chi connectivity index (χ4n) is 4.40. The van der Waals surface area contributed by atoms with E-state index in [0.717, 1.165) is 39.1 Å². The third-order valence-corrected chi connectivity index (χ3v) is 6.21. The fraction of sp³-hybridized carbons (Fsp3) is 0.267. The molecule has 0 unspecified atom stereocenters. The van der Waals surface area contributed by atoms with Crippen LogP contribution in [0.1, 0.15) is 48.8 Å². The molecule has 4 aromatic rings. The van der Waals surface area contributed by atoms with Gasteiger partial charge in [0.15, 0.2) is 0 Å². The first-order valence-electron chi connectivity index (χ1n) is 11.9. The van der Waals surface area contributed by atoms with Gasteiger partial charge in [-0.15, -0.1) is 0 Å². The van der Waals surface area contributed by atoms with Gasteiger partial charge < -0.3 is 14.5 Å². The summed E-state index contributed by atoms with van der Waals surface area (Å²) in [5.74, 6) is 9.03. The molecule has 0 bridgehead atoms. The molecule has 3 aromatic carbocycles. The maximum Gasteiger partial charge on any atom is 0.148 e. The van der Waals surface area contributed by atoms with Crippen LogP contribution in [0.5, 0.6) is 11.5 Å². The second kappa shape index (κ2) is 10.3. The van der Waals surface area contributed by atoms with Crippen LogP contribution in [0.4, 0.5) is 0 Å². The minimum Gasteiger partial charge on any atom is -0.488 e. The quantitative estimate of drug-likeness (QED) is 0.323. The van der Waals surface area contributed by atoms with E-state index in [1.54, 1.807) is 0 Å². The molecule has 5 rings (SSSR count). The first kappa shape index (κ1) is 21.2. The van der Waals surface area contributed by atoms with Gasteiger partial charge >= 0.3 is 0 Å².